The Morgan fingerprint density at radius 2 is 1.83 bits per heavy atom. The Morgan fingerprint density at radius 3 is 2.39 bits per heavy atom. The van der Waals surface area contributed by atoms with E-state index in [-0.39, 0.29) is 5.38 Å². The molecule has 0 fully saturated rings. The summed E-state index contributed by atoms with van der Waals surface area (Å²) in [6, 6.07) is 6.21. The van der Waals surface area contributed by atoms with Crippen LogP contribution in [-0.2, 0) is 0 Å². The van der Waals surface area contributed by atoms with Crippen LogP contribution in [0.5, 0.6) is 0 Å². The van der Waals surface area contributed by atoms with E-state index in [0.717, 1.165) is 16.9 Å². The van der Waals surface area contributed by atoms with Crippen LogP contribution in [0.2, 0.25) is 5.02 Å². The molecule has 18 heavy (non-hydrogen) atoms. The summed E-state index contributed by atoms with van der Waals surface area (Å²) in [6.45, 7) is 8.53. The van der Waals surface area contributed by atoms with Crippen LogP contribution in [0, 0.1) is 5.92 Å². The van der Waals surface area contributed by atoms with Gasteiger partial charge in [-0.2, -0.15) is 0 Å². The molecule has 4 heteroatoms. The second kappa shape index (κ2) is 5.10. The number of aromatic nitrogens is 2. The Labute approximate surface area is 118 Å². The standard InChI is InChI=1S/C14H18Cl2N2/c1-8(2)10(4)18-12-7-5-6-11(16)13(12)17-14(18)9(3)15/h5-10H,1-4H3. The normalized spacial score (nSPS) is 15.3. The lowest BCUT2D eigenvalue weighted by atomic mass is 10.1. The zero-order valence-electron chi connectivity index (χ0n) is 11.1. The van der Waals surface area contributed by atoms with Crippen LogP contribution in [0.15, 0.2) is 18.2 Å². The second-order valence-corrected chi connectivity index (χ2v) is 6.11. The average Bonchev–Trinajstić information content (AvgIpc) is 2.68. The van der Waals surface area contributed by atoms with Gasteiger partial charge in [0.15, 0.2) is 0 Å². The van der Waals surface area contributed by atoms with Gasteiger partial charge in [0.2, 0.25) is 0 Å². The highest BCUT2D eigenvalue weighted by atomic mass is 35.5. The SMILES string of the molecule is CC(Cl)c1nc2c(Cl)cccc2n1C(C)C(C)C. The summed E-state index contributed by atoms with van der Waals surface area (Å²) in [4.78, 5) is 4.61. The van der Waals surface area contributed by atoms with Gasteiger partial charge in [-0.25, -0.2) is 4.98 Å². The van der Waals surface area contributed by atoms with Gasteiger partial charge >= 0.3 is 0 Å². The summed E-state index contributed by atoms with van der Waals surface area (Å²) >= 11 is 12.5. The molecule has 0 N–H and O–H groups in total. The molecule has 2 nitrogen and oxygen atoms in total. The Bertz CT molecular complexity index is 558. The fraction of sp³-hybridized carbons (Fsp3) is 0.500. The van der Waals surface area contributed by atoms with Gasteiger partial charge in [0.25, 0.3) is 0 Å². The molecule has 1 aromatic carbocycles. The summed E-state index contributed by atoms with van der Waals surface area (Å²) < 4.78 is 2.21. The molecule has 0 spiro atoms. The number of hydrogen-bond donors (Lipinski definition) is 0. The molecule has 0 amide bonds. The third-order valence-electron chi connectivity index (χ3n) is 3.43. The highest BCUT2D eigenvalue weighted by molar-refractivity contribution is 6.35. The van der Waals surface area contributed by atoms with E-state index in [1.807, 2.05) is 19.1 Å². The van der Waals surface area contributed by atoms with Crippen molar-refractivity contribution >= 4 is 34.2 Å². The lowest BCUT2D eigenvalue weighted by Gasteiger charge is -2.21. The first-order valence-electron chi connectivity index (χ1n) is 6.24. The minimum absolute atomic E-state index is 0.130. The largest absolute Gasteiger partial charge is 0.324 e. The van der Waals surface area contributed by atoms with Gasteiger partial charge in [0.05, 0.1) is 15.9 Å². The second-order valence-electron chi connectivity index (χ2n) is 5.05. The number of halogens is 2. The number of benzene rings is 1. The number of hydrogen-bond acceptors (Lipinski definition) is 1. The molecular weight excluding hydrogens is 267 g/mol. The summed E-state index contributed by atoms with van der Waals surface area (Å²) in [5.41, 5.74) is 1.90. The Morgan fingerprint density at radius 1 is 1.17 bits per heavy atom. The summed E-state index contributed by atoms with van der Waals surface area (Å²) in [7, 11) is 0. The molecule has 1 aromatic heterocycles. The van der Waals surface area contributed by atoms with Gasteiger partial charge in [0, 0.05) is 6.04 Å². The van der Waals surface area contributed by atoms with E-state index in [9.17, 15) is 0 Å². The quantitative estimate of drug-likeness (QED) is 0.708. The Balaban J connectivity index is 2.75. The predicted octanol–water partition coefficient (Wildman–Crippen LogP) is 5.21. The first-order chi connectivity index (χ1) is 8.43. The molecule has 0 bridgehead atoms. The van der Waals surface area contributed by atoms with Gasteiger partial charge in [-0.1, -0.05) is 31.5 Å². The van der Waals surface area contributed by atoms with Crippen LogP contribution in [-0.4, -0.2) is 9.55 Å². The van der Waals surface area contributed by atoms with E-state index < -0.39 is 0 Å². The predicted molar refractivity (Wildman–Crippen MR) is 78.6 cm³/mol. The minimum atomic E-state index is -0.130. The molecule has 0 saturated heterocycles. The van der Waals surface area contributed by atoms with Crippen LogP contribution < -0.4 is 0 Å². The van der Waals surface area contributed by atoms with Crippen molar-refractivity contribution in [2.24, 2.45) is 5.92 Å². The van der Waals surface area contributed by atoms with Crippen molar-refractivity contribution in [3.05, 3.63) is 29.0 Å². The number of alkyl halides is 1. The zero-order chi connectivity index (χ0) is 13.4. The fourth-order valence-corrected chi connectivity index (χ4v) is 2.47. The van der Waals surface area contributed by atoms with Gasteiger partial charge in [-0.15, -0.1) is 11.6 Å². The van der Waals surface area contributed by atoms with E-state index in [1.54, 1.807) is 0 Å². The van der Waals surface area contributed by atoms with Crippen LogP contribution in [0.3, 0.4) is 0 Å². The molecule has 0 aliphatic rings. The lowest BCUT2D eigenvalue weighted by Crippen LogP contribution is -2.14. The molecular formula is C14H18Cl2N2. The van der Waals surface area contributed by atoms with E-state index >= 15 is 0 Å². The van der Waals surface area contributed by atoms with Crippen molar-refractivity contribution in [2.75, 3.05) is 0 Å². The Kier molecular flexibility index (Phi) is 3.88. The monoisotopic (exact) mass is 284 g/mol. The summed E-state index contributed by atoms with van der Waals surface area (Å²) in [5, 5.41) is 0.551. The highest BCUT2D eigenvalue weighted by Gasteiger charge is 2.21. The minimum Gasteiger partial charge on any atom is -0.324 e. The molecule has 2 aromatic rings. The van der Waals surface area contributed by atoms with Crippen molar-refractivity contribution in [2.45, 2.75) is 39.1 Å². The molecule has 2 rings (SSSR count). The van der Waals surface area contributed by atoms with Crippen molar-refractivity contribution < 1.29 is 0 Å². The molecule has 1 heterocycles. The Hall–Kier alpha value is -0.730. The maximum absolute atomic E-state index is 6.25. The molecule has 2 unspecified atom stereocenters. The lowest BCUT2D eigenvalue weighted by molar-refractivity contribution is 0.405. The van der Waals surface area contributed by atoms with Gasteiger partial charge in [0.1, 0.15) is 11.3 Å². The molecule has 98 valence electrons. The third kappa shape index (κ3) is 2.24. The van der Waals surface area contributed by atoms with Crippen LogP contribution in [0.1, 0.15) is 44.9 Å². The maximum atomic E-state index is 6.25. The number of para-hydroxylation sites is 1. The van der Waals surface area contributed by atoms with Crippen molar-refractivity contribution in [1.82, 2.24) is 9.55 Å². The van der Waals surface area contributed by atoms with Gasteiger partial charge in [-0.3, -0.25) is 0 Å². The zero-order valence-corrected chi connectivity index (χ0v) is 12.6. The van der Waals surface area contributed by atoms with Gasteiger partial charge < -0.3 is 4.57 Å². The van der Waals surface area contributed by atoms with Crippen molar-refractivity contribution in [1.29, 1.82) is 0 Å². The summed E-state index contributed by atoms with van der Waals surface area (Å²) in [5.74, 6) is 1.40. The van der Waals surface area contributed by atoms with Gasteiger partial charge in [-0.05, 0) is 31.9 Å². The maximum Gasteiger partial charge on any atom is 0.128 e. The fourth-order valence-electron chi connectivity index (χ4n) is 2.11. The molecule has 0 saturated carbocycles. The number of nitrogens with zero attached hydrogens (tertiary/aromatic N) is 2. The van der Waals surface area contributed by atoms with Crippen molar-refractivity contribution in [3.63, 3.8) is 0 Å². The number of fused-ring (bicyclic) bond motifs is 1. The smallest absolute Gasteiger partial charge is 0.128 e. The molecule has 0 aliphatic carbocycles. The highest BCUT2D eigenvalue weighted by Crippen LogP contribution is 2.33. The van der Waals surface area contributed by atoms with E-state index in [1.165, 1.54) is 0 Å². The average molecular weight is 285 g/mol. The van der Waals surface area contributed by atoms with Crippen LogP contribution in [0.25, 0.3) is 11.0 Å². The van der Waals surface area contributed by atoms with Crippen LogP contribution in [0.4, 0.5) is 0 Å². The van der Waals surface area contributed by atoms with E-state index in [2.05, 4.69) is 36.4 Å². The first-order valence-corrected chi connectivity index (χ1v) is 7.05. The topological polar surface area (TPSA) is 17.8 Å². The van der Waals surface area contributed by atoms with Crippen LogP contribution >= 0.6 is 23.2 Å². The molecule has 0 radical (unpaired) electrons. The number of imidazole rings is 1. The van der Waals surface area contributed by atoms with E-state index in [4.69, 9.17) is 23.2 Å². The molecule has 0 aliphatic heterocycles. The third-order valence-corrected chi connectivity index (χ3v) is 3.93. The summed E-state index contributed by atoms with van der Waals surface area (Å²) in [6.07, 6.45) is 0. The van der Waals surface area contributed by atoms with Crippen molar-refractivity contribution in [3.8, 4) is 0 Å². The number of rotatable bonds is 3. The molecule has 2 atom stereocenters. The van der Waals surface area contributed by atoms with E-state index in [0.29, 0.717) is 17.0 Å². The first kappa shape index (κ1) is 13.7.